The van der Waals surface area contributed by atoms with Gasteiger partial charge in [-0.05, 0) is 30.7 Å². The molecule has 162 valence electrons. The number of nitrogens with zero attached hydrogens (tertiary/aromatic N) is 2. The van der Waals surface area contributed by atoms with Crippen LogP contribution in [0.15, 0.2) is 48.5 Å². The van der Waals surface area contributed by atoms with Crippen molar-refractivity contribution >= 4 is 40.6 Å². The van der Waals surface area contributed by atoms with Crippen molar-refractivity contribution in [1.29, 1.82) is 0 Å². The summed E-state index contributed by atoms with van der Waals surface area (Å²) in [4.78, 5) is 12.6. The summed E-state index contributed by atoms with van der Waals surface area (Å²) >= 11 is 11.8. The van der Waals surface area contributed by atoms with Gasteiger partial charge >= 0.3 is 6.18 Å². The van der Waals surface area contributed by atoms with Crippen LogP contribution in [0.4, 0.5) is 24.7 Å². The number of anilines is 2. The van der Waals surface area contributed by atoms with Gasteiger partial charge in [0.1, 0.15) is 5.82 Å². The fourth-order valence-corrected chi connectivity index (χ4v) is 4.05. The Morgan fingerprint density at radius 1 is 1.13 bits per heavy atom. The second kappa shape index (κ2) is 8.09. The van der Waals surface area contributed by atoms with E-state index in [1.165, 1.54) is 24.3 Å². The lowest BCUT2D eigenvalue weighted by Crippen LogP contribution is -2.35. The molecule has 2 N–H and O–H groups in total. The third kappa shape index (κ3) is 4.65. The molecule has 31 heavy (non-hydrogen) atoms. The molecule has 4 rings (SSSR count). The summed E-state index contributed by atoms with van der Waals surface area (Å²) in [6.07, 6.45) is -4.77. The zero-order valence-electron chi connectivity index (χ0n) is 16.2. The number of amides is 1. The number of halogens is 5. The van der Waals surface area contributed by atoms with Crippen molar-refractivity contribution in [2.75, 3.05) is 10.6 Å². The number of hydrogen-bond donors (Lipinski definition) is 2. The van der Waals surface area contributed by atoms with E-state index in [0.29, 0.717) is 15.7 Å². The van der Waals surface area contributed by atoms with E-state index in [4.69, 9.17) is 23.2 Å². The quantitative estimate of drug-likeness (QED) is 0.466. The molecule has 2 atom stereocenters. The minimum absolute atomic E-state index is 0.119. The van der Waals surface area contributed by atoms with Crippen LogP contribution >= 0.6 is 23.2 Å². The zero-order valence-corrected chi connectivity index (χ0v) is 17.7. The summed E-state index contributed by atoms with van der Waals surface area (Å²) < 4.78 is 42.2. The van der Waals surface area contributed by atoms with Gasteiger partial charge in [-0.1, -0.05) is 53.0 Å². The molecule has 0 spiro atoms. The molecule has 0 bridgehead atoms. The van der Waals surface area contributed by atoms with Gasteiger partial charge in [0.2, 0.25) is 0 Å². The lowest BCUT2D eigenvalue weighted by atomic mass is 9.96. The average Bonchev–Trinajstić information content (AvgIpc) is 3.10. The second-order valence-electron chi connectivity index (χ2n) is 7.37. The molecular weight excluding hydrogens is 452 g/mol. The van der Waals surface area contributed by atoms with Crippen LogP contribution in [0.25, 0.3) is 0 Å². The summed E-state index contributed by atoms with van der Waals surface area (Å²) in [6, 6.07) is 10.6. The predicted octanol–water partition coefficient (Wildman–Crippen LogP) is 6.41. The zero-order chi connectivity index (χ0) is 22.3. The van der Waals surface area contributed by atoms with E-state index in [9.17, 15) is 18.0 Å². The van der Waals surface area contributed by atoms with E-state index >= 15 is 0 Å². The maximum Gasteiger partial charge on any atom is 0.410 e. The van der Waals surface area contributed by atoms with Crippen molar-refractivity contribution in [3.63, 3.8) is 0 Å². The van der Waals surface area contributed by atoms with Gasteiger partial charge < -0.3 is 10.6 Å². The Morgan fingerprint density at radius 3 is 2.39 bits per heavy atom. The number of benzene rings is 2. The summed E-state index contributed by atoms with van der Waals surface area (Å²) in [5.74, 6) is -0.553. The molecule has 2 heterocycles. The largest absolute Gasteiger partial charge is 0.410 e. The van der Waals surface area contributed by atoms with E-state index in [-0.39, 0.29) is 17.9 Å². The molecule has 1 aliphatic heterocycles. The minimum atomic E-state index is -4.53. The summed E-state index contributed by atoms with van der Waals surface area (Å²) in [7, 11) is 0. The summed E-state index contributed by atoms with van der Waals surface area (Å²) in [5, 5.41) is 10.2. The highest BCUT2D eigenvalue weighted by molar-refractivity contribution is 6.35. The second-order valence-corrected chi connectivity index (χ2v) is 8.25. The van der Waals surface area contributed by atoms with E-state index in [1.807, 2.05) is 19.1 Å². The first-order chi connectivity index (χ1) is 14.6. The van der Waals surface area contributed by atoms with Crippen molar-refractivity contribution in [2.45, 2.75) is 31.6 Å². The van der Waals surface area contributed by atoms with Crippen LogP contribution in [-0.2, 0) is 0 Å². The van der Waals surface area contributed by atoms with Gasteiger partial charge in [0.05, 0.1) is 6.04 Å². The SMILES string of the molecule is Cc1ccc([C@@H]2C[C@H](C(F)(F)F)n3nc(C(=O)Nc4cc(Cl)cc(Cl)c4)cc3N2)cc1. The smallest absolute Gasteiger partial charge is 0.363 e. The monoisotopic (exact) mass is 468 g/mol. The first-order valence-electron chi connectivity index (χ1n) is 9.37. The van der Waals surface area contributed by atoms with Gasteiger partial charge in [-0.15, -0.1) is 0 Å². The van der Waals surface area contributed by atoms with Crippen molar-refractivity contribution in [3.8, 4) is 0 Å². The fraction of sp³-hybridized carbons (Fsp3) is 0.238. The molecular formula is C21H17Cl2F3N4O. The van der Waals surface area contributed by atoms with Crippen LogP contribution in [0.2, 0.25) is 10.0 Å². The molecule has 0 saturated heterocycles. The van der Waals surface area contributed by atoms with Crippen LogP contribution < -0.4 is 10.6 Å². The Morgan fingerprint density at radius 2 is 1.77 bits per heavy atom. The molecule has 5 nitrogen and oxygen atoms in total. The summed E-state index contributed by atoms with van der Waals surface area (Å²) in [5.41, 5.74) is 1.90. The van der Waals surface area contributed by atoms with Crippen LogP contribution in [0.5, 0.6) is 0 Å². The molecule has 0 aliphatic carbocycles. The molecule has 1 amide bonds. The number of carbonyl (C=O) groups excluding carboxylic acids is 1. The fourth-order valence-electron chi connectivity index (χ4n) is 3.52. The number of hydrogen-bond acceptors (Lipinski definition) is 3. The molecule has 1 aliphatic rings. The van der Waals surface area contributed by atoms with E-state index in [0.717, 1.165) is 15.8 Å². The normalized spacial score (nSPS) is 18.3. The van der Waals surface area contributed by atoms with Crippen molar-refractivity contribution in [1.82, 2.24) is 9.78 Å². The average molecular weight is 469 g/mol. The maximum atomic E-state index is 13.8. The Balaban J connectivity index is 1.64. The van der Waals surface area contributed by atoms with Crippen LogP contribution in [0.1, 0.15) is 40.1 Å². The molecule has 1 aromatic heterocycles. The van der Waals surface area contributed by atoms with Crippen molar-refractivity contribution < 1.29 is 18.0 Å². The Bertz CT molecular complexity index is 1110. The molecule has 0 radical (unpaired) electrons. The Kier molecular flexibility index (Phi) is 5.61. The molecule has 2 aromatic carbocycles. The predicted molar refractivity (Wildman–Crippen MR) is 114 cm³/mol. The third-order valence-electron chi connectivity index (χ3n) is 5.02. The number of fused-ring (bicyclic) bond motifs is 1. The molecule has 0 fully saturated rings. The maximum absolute atomic E-state index is 13.8. The van der Waals surface area contributed by atoms with Gasteiger partial charge in [-0.3, -0.25) is 4.79 Å². The Labute approximate surface area is 186 Å². The van der Waals surface area contributed by atoms with Crippen LogP contribution in [-0.4, -0.2) is 21.9 Å². The number of alkyl halides is 3. The first-order valence-corrected chi connectivity index (χ1v) is 10.1. The van der Waals surface area contributed by atoms with Crippen LogP contribution in [0, 0.1) is 6.92 Å². The Hall–Kier alpha value is -2.71. The number of carbonyl (C=O) groups is 1. The number of aromatic nitrogens is 2. The molecule has 0 unspecified atom stereocenters. The highest BCUT2D eigenvalue weighted by Crippen LogP contribution is 2.43. The minimum Gasteiger partial charge on any atom is -0.363 e. The lowest BCUT2D eigenvalue weighted by Gasteiger charge is -2.33. The van der Waals surface area contributed by atoms with E-state index in [2.05, 4.69) is 15.7 Å². The topological polar surface area (TPSA) is 59.0 Å². The number of nitrogens with one attached hydrogen (secondary N) is 2. The standard InChI is InChI=1S/C21H17Cl2F3N4O/c1-11-2-4-12(5-3-11)16-9-18(21(24,25)26)30-19(28-16)10-17(29-30)20(31)27-15-7-13(22)6-14(23)8-15/h2-8,10,16,18,28H,9H2,1H3,(H,27,31)/t16-,18+/m0/s1. The lowest BCUT2D eigenvalue weighted by molar-refractivity contribution is -0.173. The first kappa shape index (κ1) is 21.5. The van der Waals surface area contributed by atoms with E-state index < -0.39 is 24.2 Å². The van der Waals surface area contributed by atoms with Gasteiger partial charge in [0.15, 0.2) is 11.7 Å². The van der Waals surface area contributed by atoms with Gasteiger partial charge in [-0.2, -0.15) is 18.3 Å². The van der Waals surface area contributed by atoms with Crippen molar-refractivity contribution in [3.05, 3.63) is 75.4 Å². The highest BCUT2D eigenvalue weighted by Gasteiger charge is 2.46. The van der Waals surface area contributed by atoms with E-state index in [1.54, 1.807) is 12.1 Å². The van der Waals surface area contributed by atoms with Gasteiger partial charge in [0.25, 0.3) is 5.91 Å². The third-order valence-corrected chi connectivity index (χ3v) is 5.46. The number of aryl methyl sites for hydroxylation is 1. The van der Waals surface area contributed by atoms with Gasteiger partial charge in [-0.25, -0.2) is 4.68 Å². The number of rotatable bonds is 3. The van der Waals surface area contributed by atoms with Crippen molar-refractivity contribution in [2.24, 2.45) is 0 Å². The molecule has 10 heteroatoms. The molecule has 0 saturated carbocycles. The molecule has 3 aromatic rings. The van der Waals surface area contributed by atoms with Gasteiger partial charge in [0, 0.05) is 28.2 Å². The highest BCUT2D eigenvalue weighted by atomic mass is 35.5. The summed E-state index contributed by atoms with van der Waals surface area (Å²) in [6.45, 7) is 1.91. The van der Waals surface area contributed by atoms with Crippen LogP contribution in [0.3, 0.4) is 0 Å².